The minimum absolute atomic E-state index is 0.00931. The number of halogens is 2. The van der Waals surface area contributed by atoms with Gasteiger partial charge < -0.3 is 14.5 Å². The zero-order valence-electron chi connectivity index (χ0n) is 15.5. The Morgan fingerprint density at radius 2 is 1.69 bits per heavy atom. The third-order valence-electron chi connectivity index (χ3n) is 3.93. The molecule has 6 nitrogen and oxygen atoms in total. The number of hydrogen-bond donors (Lipinski definition) is 1. The van der Waals surface area contributed by atoms with Gasteiger partial charge in [-0.25, -0.2) is 13.8 Å². The van der Waals surface area contributed by atoms with Gasteiger partial charge in [0.05, 0.1) is 19.9 Å². The van der Waals surface area contributed by atoms with Gasteiger partial charge in [0.15, 0.2) is 5.16 Å². The van der Waals surface area contributed by atoms with Gasteiger partial charge in [-0.15, -0.1) is 0 Å². The van der Waals surface area contributed by atoms with Gasteiger partial charge in [-0.2, -0.15) is 5.26 Å². The van der Waals surface area contributed by atoms with Crippen molar-refractivity contribution in [1.29, 1.82) is 5.26 Å². The molecule has 0 amide bonds. The summed E-state index contributed by atoms with van der Waals surface area (Å²) in [5.41, 5.74) is -0.234. The van der Waals surface area contributed by atoms with Gasteiger partial charge in [0.1, 0.15) is 34.8 Å². The number of rotatable bonds is 6. The van der Waals surface area contributed by atoms with Crippen molar-refractivity contribution >= 4 is 11.8 Å². The maximum atomic E-state index is 13.6. The third kappa shape index (κ3) is 4.73. The highest BCUT2D eigenvalue weighted by Crippen LogP contribution is 2.28. The van der Waals surface area contributed by atoms with E-state index in [0.29, 0.717) is 23.3 Å². The predicted octanol–water partition coefficient (Wildman–Crippen LogP) is 3.90. The van der Waals surface area contributed by atoms with E-state index >= 15 is 0 Å². The monoisotopic (exact) mass is 415 g/mol. The van der Waals surface area contributed by atoms with Gasteiger partial charge in [-0.05, 0) is 29.8 Å². The number of thioether (sulfide) groups is 1. The van der Waals surface area contributed by atoms with Crippen LogP contribution in [0.25, 0.3) is 11.3 Å². The van der Waals surface area contributed by atoms with Crippen LogP contribution in [-0.2, 0) is 5.75 Å². The fraction of sp³-hybridized carbons (Fsp3) is 0.150. The molecule has 3 aromatic rings. The second-order valence-electron chi connectivity index (χ2n) is 5.87. The highest BCUT2D eigenvalue weighted by molar-refractivity contribution is 7.98. The second-order valence-corrected chi connectivity index (χ2v) is 6.84. The minimum atomic E-state index is -0.830. The fourth-order valence-corrected chi connectivity index (χ4v) is 3.42. The molecule has 148 valence electrons. The molecule has 0 atom stereocenters. The van der Waals surface area contributed by atoms with E-state index in [1.165, 1.54) is 26.0 Å². The van der Waals surface area contributed by atoms with Crippen molar-refractivity contribution in [3.05, 3.63) is 69.5 Å². The Morgan fingerprint density at radius 1 is 1.07 bits per heavy atom. The molecule has 3 rings (SSSR count). The molecule has 0 radical (unpaired) electrons. The first-order chi connectivity index (χ1) is 13.9. The summed E-state index contributed by atoms with van der Waals surface area (Å²) in [6.07, 6.45) is 0. The molecule has 0 aliphatic heterocycles. The van der Waals surface area contributed by atoms with Crippen molar-refractivity contribution in [2.24, 2.45) is 0 Å². The van der Waals surface area contributed by atoms with Crippen molar-refractivity contribution in [3.8, 4) is 28.8 Å². The van der Waals surface area contributed by atoms with Gasteiger partial charge in [0.25, 0.3) is 5.56 Å². The van der Waals surface area contributed by atoms with Crippen molar-refractivity contribution in [2.75, 3.05) is 14.2 Å². The van der Waals surface area contributed by atoms with Crippen LogP contribution in [0.1, 0.15) is 11.1 Å². The molecule has 0 aliphatic rings. The maximum Gasteiger partial charge on any atom is 0.270 e. The average molecular weight is 415 g/mol. The number of aromatic amines is 1. The summed E-state index contributed by atoms with van der Waals surface area (Å²) in [5.74, 6) is -0.0408. The molecule has 29 heavy (non-hydrogen) atoms. The largest absolute Gasteiger partial charge is 0.497 e. The Hall–Kier alpha value is -3.38. The Bertz CT molecular complexity index is 1120. The fourth-order valence-electron chi connectivity index (χ4n) is 2.63. The van der Waals surface area contributed by atoms with Crippen LogP contribution in [0.3, 0.4) is 0 Å². The zero-order chi connectivity index (χ0) is 21.0. The summed E-state index contributed by atoms with van der Waals surface area (Å²) < 4.78 is 37.7. The SMILES string of the molecule is COc1cc(CSc2nc(-c3cc(F)cc(F)c3)c(C#N)c(=O)[nH]2)cc(OC)c1. The molecule has 9 heteroatoms. The summed E-state index contributed by atoms with van der Waals surface area (Å²) in [4.78, 5) is 19.1. The van der Waals surface area contributed by atoms with E-state index in [-0.39, 0.29) is 22.0 Å². The first kappa shape index (κ1) is 20.4. The molecule has 0 aliphatic carbocycles. The number of H-pyrrole nitrogens is 1. The normalized spacial score (nSPS) is 10.4. The topological polar surface area (TPSA) is 88.0 Å². The van der Waals surface area contributed by atoms with Crippen LogP contribution in [0.4, 0.5) is 8.78 Å². The summed E-state index contributed by atoms with van der Waals surface area (Å²) in [7, 11) is 3.07. The molecule has 1 heterocycles. The highest BCUT2D eigenvalue weighted by Gasteiger charge is 2.16. The van der Waals surface area contributed by atoms with Crippen molar-refractivity contribution in [1.82, 2.24) is 9.97 Å². The lowest BCUT2D eigenvalue weighted by molar-refractivity contribution is 0.393. The zero-order valence-corrected chi connectivity index (χ0v) is 16.3. The van der Waals surface area contributed by atoms with Crippen molar-refractivity contribution in [2.45, 2.75) is 10.9 Å². The van der Waals surface area contributed by atoms with Crippen LogP contribution in [0, 0.1) is 23.0 Å². The molecule has 0 saturated heterocycles. The van der Waals surface area contributed by atoms with Crippen molar-refractivity contribution < 1.29 is 18.3 Å². The van der Waals surface area contributed by atoms with E-state index in [1.807, 2.05) is 0 Å². The first-order valence-electron chi connectivity index (χ1n) is 8.29. The van der Waals surface area contributed by atoms with Crippen LogP contribution in [0.15, 0.2) is 46.3 Å². The van der Waals surface area contributed by atoms with E-state index in [0.717, 1.165) is 17.7 Å². The smallest absolute Gasteiger partial charge is 0.270 e. The van der Waals surface area contributed by atoms with Crippen LogP contribution >= 0.6 is 11.8 Å². The number of nitriles is 1. The van der Waals surface area contributed by atoms with E-state index in [4.69, 9.17) is 9.47 Å². The van der Waals surface area contributed by atoms with Crippen LogP contribution in [0.5, 0.6) is 11.5 Å². The average Bonchev–Trinajstić information content (AvgIpc) is 2.70. The number of ether oxygens (including phenoxy) is 2. The number of nitrogens with one attached hydrogen (secondary N) is 1. The Morgan fingerprint density at radius 3 is 2.24 bits per heavy atom. The van der Waals surface area contributed by atoms with Gasteiger partial charge in [-0.3, -0.25) is 4.79 Å². The van der Waals surface area contributed by atoms with Gasteiger partial charge >= 0.3 is 0 Å². The molecular formula is C20H15F2N3O3S. The molecule has 1 aromatic heterocycles. The molecular weight excluding hydrogens is 400 g/mol. The Labute approximate surface area is 169 Å². The van der Waals surface area contributed by atoms with E-state index in [9.17, 15) is 18.8 Å². The van der Waals surface area contributed by atoms with Crippen LogP contribution in [-0.4, -0.2) is 24.2 Å². The lowest BCUT2D eigenvalue weighted by atomic mass is 10.1. The first-order valence-corrected chi connectivity index (χ1v) is 9.27. The molecule has 0 spiro atoms. The van der Waals surface area contributed by atoms with E-state index in [1.54, 1.807) is 24.3 Å². The van der Waals surface area contributed by atoms with E-state index < -0.39 is 17.2 Å². The number of aromatic nitrogens is 2. The Balaban J connectivity index is 1.96. The number of benzene rings is 2. The second kappa shape index (κ2) is 8.75. The minimum Gasteiger partial charge on any atom is -0.497 e. The number of nitrogens with zero attached hydrogens (tertiary/aromatic N) is 2. The summed E-state index contributed by atoms with van der Waals surface area (Å²) in [6.45, 7) is 0. The van der Waals surface area contributed by atoms with Crippen molar-refractivity contribution in [3.63, 3.8) is 0 Å². The summed E-state index contributed by atoms with van der Waals surface area (Å²) in [5, 5.41) is 9.49. The summed E-state index contributed by atoms with van der Waals surface area (Å²) >= 11 is 1.19. The van der Waals surface area contributed by atoms with Crippen LogP contribution < -0.4 is 15.0 Å². The van der Waals surface area contributed by atoms with E-state index in [2.05, 4.69) is 9.97 Å². The Kier molecular flexibility index (Phi) is 6.14. The standard InChI is InChI=1S/C20H15F2N3O3S/c1-27-15-3-11(4-16(8-15)28-2)10-29-20-24-18(17(9-23)19(26)25-20)12-5-13(21)7-14(22)6-12/h3-8H,10H2,1-2H3,(H,24,25,26). The number of hydrogen-bond acceptors (Lipinski definition) is 6. The quantitative estimate of drug-likeness (QED) is 0.485. The molecule has 0 fully saturated rings. The summed E-state index contributed by atoms with van der Waals surface area (Å²) in [6, 6.07) is 9.82. The van der Waals surface area contributed by atoms with Gasteiger partial charge in [0, 0.05) is 23.4 Å². The van der Waals surface area contributed by atoms with Gasteiger partial charge in [-0.1, -0.05) is 11.8 Å². The highest BCUT2D eigenvalue weighted by atomic mass is 32.2. The lowest BCUT2D eigenvalue weighted by Crippen LogP contribution is -2.15. The third-order valence-corrected chi connectivity index (χ3v) is 4.88. The van der Waals surface area contributed by atoms with Gasteiger partial charge in [0.2, 0.25) is 0 Å². The van der Waals surface area contributed by atoms with Crippen LogP contribution in [0.2, 0.25) is 0 Å². The molecule has 0 bridgehead atoms. The molecule has 0 unspecified atom stereocenters. The molecule has 0 saturated carbocycles. The maximum absolute atomic E-state index is 13.6. The lowest BCUT2D eigenvalue weighted by Gasteiger charge is -2.09. The molecule has 1 N–H and O–H groups in total. The molecule has 2 aromatic carbocycles. The number of methoxy groups -OCH3 is 2. The predicted molar refractivity (Wildman–Crippen MR) is 104 cm³/mol.